The van der Waals surface area contributed by atoms with Crippen LogP contribution >= 0.6 is 12.4 Å². The molecule has 24 heavy (non-hydrogen) atoms. The summed E-state index contributed by atoms with van der Waals surface area (Å²) in [4.78, 5) is 14.8. The van der Waals surface area contributed by atoms with E-state index < -0.39 is 0 Å². The Balaban J connectivity index is 0.00000208. The Kier molecular flexibility index (Phi) is 6.67. The van der Waals surface area contributed by atoms with Gasteiger partial charge in [0.2, 0.25) is 5.91 Å². The summed E-state index contributed by atoms with van der Waals surface area (Å²) in [6.45, 7) is 3.82. The predicted molar refractivity (Wildman–Crippen MR) is 99.9 cm³/mol. The molecular formula is C19H30ClN3O. The van der Waals surface area contributed by atoms with Gasteiger partial charge < -0.3 is 16.0 Å². The van der Waals surface area contributed by atoms with Crippen LogP contribution in [0.15, 0.2) is 30.3 Å². The van der Waals surface area contributed by atoms with E-state index in [2.05, 4.69) is 48.5 Å². The number of carbonyl (C=O) groups is 1. The van der Waals surface area contributed by atoms with Gasteiger partial charge in [-0.15, -0.1) is 12.4 Å². The molecule has 3 N–H and O–H groups in total. The number of fused-ring (bicyclic) bond motifs is 2. The van der Waals surface area contributed by atoms with Crippen LogP contribution in [0.3, 0.4) is 0 Å². The van der Waals surface area contributed by atoms with Crippen molar-refractivity contribution in [2.45, 2.75) is 44.8 Å². The van der Waals surface area contributed by atoms with E-state index in [-0.39, 0.29) is 36.3 Å². The Labute approximate surface area is 151 Å². The van der Waals surface area contributed by atoms with Crippen molar-refractivity contribution in [3.05, 3.63) is 35.9 Å². The van der Waals surface area contributed by atoms with Gasteiger partial charge in [0.05, 0.1) is 5.92 Å². The van der Waals surface area contributed by atoms with Crippen LogP contribution in [0.4, 0.5) is 0 Å². The van der Waals surface area contributed by atoms with Gasteiger partial charge in [0.1, 0.15) is 0 Å². The highest BCUT2D eigenvalue weighted by Gasteiger charge is 2.49. The number of hydrogen-bond acceptors (Lipinski definition) is 3. The molecular weight excluding hydrogens is 322 g/mol. The third-order valence-electron chi connectivity index (χ3n) is 5.55. The largest absolute Gasteiger partial charge is 0.352 e. The molecule has 0 spiro atoms. The summed E-state index contributed by atoms with van der Waals surface area (Å²) in [6.07, 6.45) is 3.55. The van der Waals surface area contributed by atoms with E-state index in [1.807, 2.05) is 6.07 Å². The maximum atomic E-state index is 12.6. The average Bonchev–Trinajstić information content (AvgIpc) is 3.08. The van der Waals surface area contributed by atoms with Gasteiger partial charge in [0.15, 0.2) is 0 Å². The summed E-state index contributed by atoms with van der Waals surface area (Å²) in [6, 6.07) is 10.6. The summed E-state index contributed by atoms with van der Waals surface area (Å²) in [5.41, 5.74) is 7.57. The number of carbonyl (C=O) groups excluding carboxylic acids is 1. The lowest BCUT2D eigenvalue weighted by molar-refractivity contribution is -0.127. The predicted octanol–water partition coefficient (Wildman–Crippen LogP) is 2.42. The fourth-order valence-corrected chi connectivity index (χ4v) is 4.54. The van der Waals surface area contributed by atoms with Crippen molar-refractivity contribution >= 4 is 18.3 Å². The molecule has 2 aliphatic rings. The maximum absolute atomic E-state index is 12.6. The Morgan fingerprint density at radius 3 is 2.58 bits per heavy atom. The van der Waals surface area contributed by atoms with Crippen molar-refractivity contribution in [2.24, 2.45) is 23.5 Å². The van der Waals surface area contributed by atoms with Gasteiger partial charge in [-0.25, -0.2) is 0 Å². The van der Waals surface area contributed by atoms with Crippen molar-refractivity contribution in [3.8, 4) is 0 Å². The van der Waals surface area contributed by atoms with Crippen LogP contribution in [0, 0.1) is 17.8 Å². The first-order valence-corrected chi connectivity index (χ1v) is 8.83. The van der Waals surface area contributed by atoms with E-state index >= 15 is 0 Å². The van der Waals surface area contributed by atoms with Gasteiger partial charge in [0.25, 0.3) is 0 Å². The van der Waals surface area contributed by atoms with Crippen LogP contribution in [0.1, 0.15) is 31.7 Å². The van der Waals surface area contributed by atoms with E-state index in [4.69, 9.17) is 5.73 Å². The van der Waals surface area contributed by atoms with E-state index in [9.17, 15) is 4.79 Å². The molecule has 0 saturated heterocycles. The lowest BCUT2D eigenvalue weighted by Crippen LogP contribution is -2.49. The Morgan fingerprint density at radius 2 is 1.96 bits per heavy atom. The first kappa shape index (κ1) is 19.2. The SMILES string of the molecule is CC(CN(C)Cc1ccccc1)NC(=O)C1C2CCC(C2)C1N.Cl. The monoisotopic (exact) mass is 351 g/mol. The molecule has 4 nitrogen and oxygen atoms in total. The van der Waals surface area contributed by atoms with Crippen LogP contribution in [-0.4, -0.2) is 36.5 Å². The summed E-state index contributed by atoms with van der Waals surface area (Å²) >= 11 is 0. The third kappa shape index (κ3) is 4.29. The molecule has 0 aliphatic heterocycles. The van der Waals surface area contributed by atoms with Crippen molar-refractivity contribution in [1.29, 1.82) is 0 Å². The second-order valence-electron chi connectivity index (χ2n) is 7.53. The molecule has 3 rings (SSSR count). The smallest absolute Gasteiger partial charge is 0.225 e. The van der Waals surface area contributed by atoms with Gasteiger partial charge >= 0.3 is 0 Å². The second-order valence-corrected chi connectivity index (χ2v) is 7.53. The van der Waals surface area contributed by atoms with E-state index in [1.54, 1.807) is 0 Å². The van der Waals surface area contributed by atoms with Crippen LogP contribution in [0.2, 0.25) is 0 Å². The molecule has 1 amide bonds. The van der Waals surface area contributed by atoms with Gasteiger partial charge in [-0.1, -0.05) is 30.3 Å². The second kappa shape index (κ2) is 8.32. The van der Waals surface area contributed by atoms with Crippen LogP contribution in [0.5, 0.6) is 0 Å². The zero-order valence-corrected chi connectivity index (χ0v) is 15.5. The van der Waals surface area contributed by atoms with Crippen LogP contribution < -0.4 is 11.1 Å². The number of likely N-dealkylation sites (N-methyl/N-ethyl adjacent to an activating group) is 1. The third-order valence-corrected chi connectivity index (χ3v) is 5.55. The topological polar surface area (TPSA) is 58.4 Å². The molecule has 0 aromatic heterocycles. The summed E-state index contributed by atoms with van der Waals surface area (Å²) in [5, 5.41) is 3.19. The minimum atomic E-state index is 0. The van der Waals surface area contributed by atoms with Crippen molar-refractivity contribution in [1.82, 2.24) is 10.2 Å². The highest BCUT2D eigenvalue weighted by molar-refractivity contribution is 5.85. The van der Waals surface area contributed by atoms with E-state index in [1.165, 1.54) is 18.4 Å². The molecule has 0 heterocycles. The van der Waals surface area contributed by atoms with Gasteiger partial charge in [-0.3, -0.25) is 4.79 Å². The highest BCUT2D eigenvalue weighted by Crippen LogP contribution is 2.47. The molecule has 5 atom stereocenters. The fraction of sp³-hybridized carbons (Fsp3) is 0.632. The molecule has 2 aliphatic carbocycles. The summed E-state index contributed by atoms with van der Waals surface area (Å²) in [5.74, 6) is 1.30. The highest BCUT2D eigenvalue weighted by atomic mass is 35.5. The lowest BCUT2D eigenvalue weighted by Gasteiger charge is -2.29. The quantitative estimate of drug-likeness (QED) is 0.827. The van der Waals surface area contributed by atoms with Crippen LogP contribution in [-0.2, 0) is 11.3 Å². The number of halogens is 1. The zero-order chi connectivity index (χ0) is 16.4. The molecule has 5 unspecified atom stereocenters. The molecule has 1 aromatic rings. The number of benzene rings is 1. The minimum Gasteiger partial charge on any atom is -0.352 e. The van der Waals surface area contributed by atoms with Gasteiger partial charge in [0, 0.05) is 25.2 Å². The Morgan fingerprint density at radius 1 is 1.29 bits per heavy atom. The molecule has 0 radical (unpaired) electrons. The Hall–Kier alpha value is -1.10. The normalized spacial score (nSPS) is 29.3. The van der Waals surface area contributed by atoms with E-state index in [0.29, 0.717) is 11.8 Å². The number of nitrogens with two attached hydrogens (primary N) is 1. The Bertz CT molecular complexity index is 537. The number of amides is 1. The fourth-order valence-electron chi connectivity index (χ4n) is 4.54. The lowest BCUT2D eigenvalue weighted by atomic mass is 9.84. The molecule has 2 bridgehead atoms. The average molecular weight is 352 g/mol. The van der Waals surface area contributed by atoms with Crippen molar-refractivity contribution in [2.75, 3.05) is 13.6 Å². The molecule has 2 saturated carbocycles. The van der Waals surface area contributed by atoms with Gasteiger partial charge in [-0.2, -0.15) is 0 Å². The van der Waals surface area contributed by atoms with E-state index in [0.717, 1.165) is 19.5 Å². The number of nitrogens with zero attached hydrogens (tertiary/aromatic N) is 1. The standard InChI is InChI=1S/C19H29N3O.ClH/c1-13(11-22(2)12-14-6-4-3-5-7-14)21-19(23)17-15-8-9-16(10-15)18(17)20;/h3-7,13,15-18H,8-12,20H2,1-2H3,(H,21,23);1H. The zero-order valence-electron chi connectivity index (χ0n) is 14.7. The van der Waals surface area contributed by atoms with Crippen molar-refractivity contribution in [3.63, 3.8) is 0 Å². The molecule has 1 aromatic carbocycles. The van der Waals surface area contributed by atoms with Gasteiger partial charge in [-0.05, 0) is 50.6 Å². The molecule has 2 fully saturated rings. The number of nitrogens with one attached hydrogen (secondary N) is 1. The number of rotatable bonds is 6. The number of hydrogen-bond donors (Lipinski definition) is 2. The summed E-state index contributed by atoms with van der Waals surface area (Å²) in [7, 11) is 2.10. The van der Waals surface area contributed by atoms with Crippen molar-refractivity contribution < 1.29 is 4.79 Å². The minimum absolute atomic E-state index is 0. The first-order chi connectivity index (χ1) is 11.0. The molecule has 5 heteroatoms. The molecule has 134 valence electrons. The summed E-state index contributed by atoms with van der Waals surface area (Å²) < 4.78 is 0. The maximum Gasteiger partial charge on any atom is 0.225 e. The van der Waals surface area contributed by atoms with Crippen LogP contribution in [0.25, 0.3) is 0 Å². The first-order valence-electron chi connectivity index (χ1n) is 8.83.